The number of ether oxygens (including phenoxy) is 3. The summed E-state index contributed by atoms with van der Waals surface area (Å²) in [6.45, 7) is 2.25. The molecule has 0 radical (unpaired) electrons. The minimum absolute atomic E-state index is 0.0578. The monoisotopic (exact) mass is 453 g/mol. The van der Waals surface area contributed by atoms with Gasteiger partial charge in [-0.3, -0.25) is 19.1 Å². The molecule has 0 aliphatic heterocycles. The average molecular weight is 453 g/mol. The van der Waals surface area contributed by atoms with Crippen LogP contribution in [0, 0.1) is 11.3 Å². The number of amides is 1. The average Bonchev–Trinajstić information content (AvgIpc) is 2.83. The van der Waals surface area contributed by atoms with Crippen LogP contribution in [-0.2, 0) is 6.54 Å². The Kier molecular flexibility index (Phi) is 6.97. The van der Waals surface area contributed by atoms with Gasteiger partial charge in [0.05, 0.1) is 38.3 Å². The molecule has 3 aromatic rings. The second kappa shape index (κ2) is 9.86. The molecule has 0 spiro atoms. The van der Waals surface area contributed by atoms with Gasteiger partial charge in [-0.25, -0.2) is 9.78 Å². The van der Waals surface area contributed by atoms with Crippen molar-refractivity contribution >= 4 is 16.9 Å². The van der Waals surface area contributed by atoms with E-state index in [1.54, 1.807) is 12.1 Å². The predicted octanol–water partition coefficient (Wildman–Crippen LogP) is 1.52. The van der Waals surface area contributed by atoms with E-state index in [4.69, 9.17) is 14.2 Å². The highest BCUT2D eigenvalue weighted by molar-refractivity contribution is 5.97. The zero-order valence-corrected chi connectivity index (χ0v) is 18.6. The van der Waals surface area contributed by atoms with Crippen molar-refractivity contribution in [1.29, 1.82) is 5.26 Å². The standard InChI is InChI=1S/C22H23N5O6/c1-5-6-27-19-14(21(29)26-22(27)30)7-13(11-24-19)20(28)25-15(10-23)12-8-16(31-2)18(33-4)17(9-12)32-3/h7-9,11,15H,5-6H2,1-4H3,(H,25,28)(H,26,29,30). The van der Waals surface area contributed by atoms with Gasteiger partial charge in [0.25, 0.3) is 11.5 Å². The Morgan fingerprint density at radius 3 is 2.39 bits per heavy atom. The number of hydrogen-bond donors (Lipinski definition) is 2. The number of nitrogens with zero attached hydrogens (tertiary/aromatic N) is 3. The van der Waals surface area contributed by atoms with Crippen molar-refractivity contribution in [3.05, 3.63) is 56.4 Å². The molecule has 0 saturated heterocycles. The highest BCUT2D eigenvalue weighted by Crippen LogP contribution is 2.39. The number of fused-ring (bicyclic) bond motifs is 1. The van der Waals surface area contributed by atoms with E-state index in [2.05, 4.69) is 15.3 Å². The molecule has 0 aliphatic rings. The van der Waals surface area contributed by atoms with Gasteiger partial charge in [-0.05, 0) is 30.2 Å². The molecule has 11 heteroatoms. The molecule has 1 unspecified atom stereocenters. The fraction of sp³-hybridized carbons (Fsp3) is 0.318. The number of aromatic nitrogens is 3. The fourth-order valence-corrected chi connectivity index (χ4v) is 3.40. The van der Waals surface area contributed by atoms with Gasteiger partial charge in [0.2, 0.25) is 5.75 Å². The van der Waals surface area contributed by atoms with Gasteiger partial charge in [-0.15, -0.1) is 0 Å². The van der Waals surface area contributed by atoms with E-state index in [1.807, 2.05) is 13.0 Å². The molecule has 2 aromatic heterocycles. The quantitative estimate of drug-likeness (QED) is 0.521. The number of hydrogen-bond acceptors (Lipinski definition) is 8. The third-order valence-corrected chi connectivity index (χ3v) is 4.97. The van der Waals surface area contributed by atoms with Gasteiger partial charge in [0.15, 0.2) is 11.5 Å². The highest BCUT2D eigenvalue weighted by Gasteiger charge is 2.21. The number of aromatic amines is 1. The zero-order chi connectivity index (χ0) is 24.1. The van der Waals surface area contributed by atoms with Crippen molar-refractivity contribution in [2.24, 2.45) is 0 Å². The van der Waals surface area contributed by atoms with E-state index in [-0.39, 0.29) is 16.6 Å². The third-order valence-electron chi connectivity index (χ3n) is 4.97. The molecule has 172 valence electrons. The zero-order valence-electron chi connectivity index (χ0n) is 18.6. The van der Waals surface area contributed by atoms with Gasteiger partial charge in [0.1, 0.15) is 11.7 Å². The Morgan fingerprint density at radius 1 is 1.18 bits per heavy atom. The van der Waals surface area contributed by atoms with Gasteiger partial charge >= 0.3 is 5.69 Å². The van der Waals surface area contributed by atoms with Gasteiger partial charge < -0.3 is 19.5 Å². The summed E-state index contributed by atoms with van der Waals surface area (Å²) in [4.78, 5) is 43.7. The number of carbonyl (C=O) groups excluding carboxylic acids is 1. The SMILES string of the molecule is CCCn1c(=O)[nH]c(=O)c2cc(C(=O)NC(C#N)c3cc(OC)c(OC)c(OC)c3)cnc21. The first-order chi connectivity index (χ1) is 15.9. The van der Waals surface area contributed by atoms with E-state index in [0.717, 1.165) is 0 Å². The molecule has 1 amide bonds. The van der Waals surface area contributed by atoms with E-state index in [1.165, 1.54) is 38.2 Å². The lowest BCUT2D eigenvalue weighted by molar-refractivity contribution is 0.0945. The number of nitrogens with one attached hydrogen (secondary N) is 2. The van der Waals surface area contributed by atoms with Crippen LogP contribution in [0.4, 0.5) is 0 Å². The summed E-state index contributed by atoms with van der Waals surface area (Å²) < 4.78 is 17.2. The minimum Gasteiger partial charge on any atom is -0.493 e. The molecule has 33 heavy (non-hydrogen) atoms. The van der Waals surface area contributed by atoms with Crippen molar-refractivity contribution in [1.82, 2.24) is 19.9 Å². The van der Waals surface area contributed by atoms with E-state index >= 15 is 0 Å². The van der Waals surface area contributed by atoms with E-state index in [0.29, 0.717) is 35.8 Å². The second-order valence-corrected chi connectivity index (χ2v) is 7.00. The fourth-order valence-electron chi connectivity index (χ4n) is 3.40. The molecule has 1 atom stereocenters. The lowest BCUT2D eigenvalue weighted by Crippen LogP contribution is -2.32. The van der Waals surface area contributed by atoms with Gasteiger partial charge in [0, 0.05) is 12.7 Å². The topological polar surface area (TPSA) is 148 Å². The van der Waals surface area contributed by atoms with E-state index < -0.39 is 23.2 Å². The summed E-state index contributed by atoms with van der Waals surface area (Å²) in [7, 11) is 4.34. The molecule has 0 fully saturated rings. The van der Waals surface area contributed by atoms with Crippen LogP contribution in [0.5, 0.6) is 17.2 Å². The van der Waals surface area contributed by atoms with Crippen LogP contribution < -0.4 is 30.8 Å². The van der Waals surface area contributed by atoms with Crippen molar-refractivity contribution in [2.75, 3.05) is 21.3 Å². The Balaban J connectivity index is 1.98. The summed E-state index contributed by atoms with van der Waals surface area (Å²) in [5.74, 6) is 0.378. The van der Waals surface area contributed by atoms with Crippen LogP contribution in [-0.4, -0.2) is 41.8 Å². The van der Waals surface area contributed by atoms with Gasteiger partial charge in [-0.1, -0.05) is 6.92 Å². The maximum atomic E-state index is 12.9. The number of methoxy groups -OCH3 is 3. The Labute approximate surface area is 188 Å². The van der Waals surface area contributed by atoms with Crippen molar-refractivity contribution in [3.63, 3.8) is 0 Å². The predicted molar refractivity (Wildman–Crippen MR) is 119 cm³/mol. The molecule has 3 rings (SSSR count). The van der Waals surface area contributed by atoms with Crippen LogP contribution >= 0.6 is 0 Å². The molecular weight excluding hydrogens is 430 g/mol. The Bertz CT molecular complexity index is 1330. The lowest BCUT2D eigenvalue weighted by atomic mass is 10.1. The minimum atomic E-state index is -1.06. The number of nitriles is 1. The van der Waals surface area contributed by atoms with Gasteiger partial charge in [-0.2, -0.15) is 5.26 Å². The maximum Gasteiger partial charge on any atom is 0.329 e. The number of H-pyrrole nitrogens is 1. The van der Waals surface area contributed by atoms with Crippen LogP contribution in [0.15, 0.2) is 34.0 Å². The molecule has 0 aliphatic carbocycles. The Hall–Kier alpha value is -4.33. The van der Waals surface area contributed by atoms with E-state index in [9.17, 15) is 19.6 Å². The molecule has 1 aromatic carbocycles. The van der Waals surface area contributed by atoms with Crippen molar-refractivity contribution in [2.45, 2.75) is 25.9 Å². The highest BCUT2D eigenvalue weighted by atomic mass is 16.5. The van der Waals surface area contributed by atoms with Crippen molar-refractivity contribution < 1.29 is 19.0 Å². The first kappa shape index (κ1) is 23.3. The molecule has 11 nitrogen and oxygen atoms in total. The summed E-state index contributed by atoms with van der Waals surface area (Å²) in [6.07, 6.45) is 1.91. The first-order valence-electron chi connectivity index (χ1n) is 10.0. The molecule has 2 N–H and O–H groups in total. The summed E-state index contributed by atoms with van der Waals surface area (Å²) in [5.41, 5.74) is -0.563. The van der Waals surface area contributed by atoms with Crippen LogP contribution in [0.2, 0.25) is 0 Å². The molecule has 0 bridgehead atoms. The first-order valence-corrected chi connectivity index (χ1v) is 10.0. The summed E-state index contributed by atoms with van der Waals surface area (Å²) in [5, 5.41) is 12.4. The molecule has 0 saturated carbocycles. The summed E-state index contributed by atoms with van der Waals surface area (Å²) in [6, 6.07) is 5.42. The van der Waals surface area contributed by atoms with Crippen molar-refractivity contribution in [3.8, 4) is 23.3 Å². The number of rotatable bonds is 8. The largest absolute Gasteiger partial charge is 0.493 e. The second-order valence-electron chi connectivity index (χ2n) is 7.00. The summed E-state index contributed by atoms with van der Waals surface area (Å²) >= 11 is 0. The number of carbonyl (C=O) groups is 1. The number of aryl methyl sites for hydroxylation is 1. The van der Waals surface area contributed by atoms with Crippen LogP contribution in [0.1, 0.15) is 35.3 Å². The molecule has 2 heterocycles. The lowest BCUT2D eigenvalue weighted by Gasteiger charge is -2.17. The third kappa shape index (κ3) is 4.50. The van der Waals surface area contributed by atoms with Crippen LogP contribution in [0.25, 0.3) is 11.0 Å². The smallest absolute Gasteiger partial charge is 0.329 e. The Morgan fingerprint density at radius 2 is 1.85 bits per heavy atom. The normalized spacial score (nSPS) is 11.5. The molecular formula is C22H23N5O6. The number of pyridine rings is 1. The van der Waals surface area contributed by atoms with Crippen LogP contribution in [0.3, 0.4) is 0 Å². The number of benzene rings is 1. The maximum absolute atomic E-state index is 12.9.